The van der Waals surface area contributed by atoms with E-state index in [0.717, 1.165) is 25.3 Å². The second-order valence-corrected chi connectivity index (χ2v) is 4.41. The van der Waals surface area contributed by atoms with Crippen molar-refractivity contribution in [1.82, 2.24) is 9.97 Å². The Morgan fingerprint density at radius 1 is 1.35 bits per heavy atom. The molecule has 0 spiro atoms. The van der Waals surface area contributed by atoms with E-state index in [-0.39, 0.29) is 17.1 Å². The van der Waals surface area contributed by atoms with Gasteiger partial charge in [-0.05, 0) is 30.9 Å². The van der Waals surface area contributed by atoms with Crippen molar-refractivity contribution in [3.8, 4) is 0 Å². The molecule has 0 atom stereocenters. The van der Waals surface area contributed by atoms with Crippen LogP contribution in [0, 0.1) is 0 Å². The Kier molecular flexibility index (Phi) is 3.16. The highest BCUT2D eigenvalue weighted by atomic mass is 35.5. The Bertz CT molecular complexity index is 418. The lowest BCUT2D eigenvalue weighted by atomic mass is 9.92. The normalized spacial score (nSPS) is 16.8. The Morgan fingerprint density at radius 2 is 2.00 bits per heavy atom. The van der Waals surface area contributed by atoms with Crippen molar-refractivity contribution in [1.29, 1.82) is 0 Å². The average molecular weight is 266 g/mol. The zero-order chi connectivity index (χ0) is 12.6. The highest BCUT2D eigenvalue weighted by Crippen LogP contribution is 2.32. The van der Waals surface area contributed by atoms with Crippen LogP contribution in [0.3, 0.4) is 0 Å². The second-order valence-electron chi connectivity index (χ2n) is 4.07. The van der Waals surface area contributed by atoms with E-state index in [0.29, 0.717) is 0 Å². The number of hydrogen-bond acceptors (Lipinski definition) is 3. The summed E-state index contributed by atoms with van der Waals surface area (Å²) in [5.74, 6) is 0.224. The zero-order valence-electron chi connectivity index (χ0n) is 9.13. The Hall–Kier alpha value is -1.04. The molecule has 1 aliphatic carbocycles. The van der Waals surface area contributed by atoms with Crippen LogP contribution in [0.2, 0.25) is 5.28 Å². The van der Waals surface area contributed by atoms with Crippen LogP contribution in [0.15, 0.2) is 6.07 Å². The number of hydrogen-bond donors (Lipinski definition) is 0. The van der Waals surface area contributed by atoms with E-state index in [2.05, 4.69) is 9.97 Å². The van der Waals surface area contributed by atoms with E-state index in [1.54, 1.807) is 11.9 Å². The van der Waals surface area contributed by atoms with Gasteiger partial charge in [0.2, 0.25) is 5.28 Å². The van der Waals surface area contributed by atoms with Gasteiger partial charge in [-0.1, -0.05) is 0 Å². The molecule has 3 nitrogen and oxygen atoms in total. The molecule has 1 aromatic rings. The van der Waals surface area contributed by atoms with Crippen LogP contribution < -0.4 is 4.90 Å². The van der Waals surface area contributed by atoms with E-state index >= 15 is 0 Å². The molecule has 2 rings (SSSR count). The third-order valence-electron chi connectivity index (χ3n) is 2.96. The largest absolute Gasteiger partial charge is 0.433 e. The molecule has 0 radical (unpaired) electrons. The number of rotatable bonds is 2. The number of nitrogens with zero attached hydrogens (tertiary/aromatic N) is 3. The lowest BCUT2D eigenvalue weighted by Gasteiger charge is -2.35. The summed E-state index contributed by atoms with van der Waals surface area (Å²) < 4.78 is 37.6. The smallest absolute Gasteiger partial charge is 0.357 e. The van der Waals surface area contributed by atoms with Gasteiger partial charge in [0.05, 0.1) is 0 Å². The van der Waals surface area contributed by atoms with Crippen molar-refractivity contribution in [3.63, 3.8) is 0 Å². The number of aromatic nitrogens is 2. The summed E-state index contributed by atoms with van der Waals surface area (Å²) in [5.41, 5.74) is -1.00. The minimum absolute atomic E-state index is 0.224. The van der Waals surface area contributed by atoms with Crippen LogP contribution >= 0.6 is 11.6 Å². The van der Waals surface area contributed by atoms with Gasteiger partial charge in [0.1, 0.15) is 5.82 Å². The van der Waals surface area contributed by atoms with Crippen molar-refractivity contribution < 1.29 is 13.2 Å². The van der Waals surface area contributed by atoms with Crippen LogP contribution in [-0.2, 0) is 6.18 Å². The summed E-state index contributed by atoms with van der Waals surface area (Å²) in [6.07, 6.45) is -1.46. The maximum Gasteiger partial charge on any atom is 0.433 e. The zero-order valence-corrected chi connectivity index (χ0v) is 9.89. The van der Waals surface area contributed by atoms with Gasteiger partial charge in [-0.15, -0.1) is 0 Å². The minimum atomic E-state index is -4.50. The maximum atomic E-state index is 12.5. The quantitative estimate of drug-likeness (QED) is 0.769. The topological polar surface area (TPSA) is 29.0 Å². The summed E-state index contributed by atoms with van der Waals surface area (Å²) in [6.45, 7) is 0. The van der Waals surface area contributed by atoms with Gasteiger partial charge in [-0.2, -0.15) is 13.2 Å². The molecule has 7 heteroatoms. The predicted octanol–water partition coefficient (Wildman–Crippen LogP) is 3.14. The van der Waals surface area contributed by atoms with E-state index in [1.807, 2.05) is 0 Å². The van der Waals surface area contributed by atoms with E-state index in [1.165, 1.54) is 0 Å². The molecule has 1 heterocycles. The lowest BCUT2D eigenvalue weighted by Crippen LogP contribution is -2.37. The number of halogens is 4. The van der Waals surface area contributed by atoms with Gasteiger partial charge < -0.3 is 4.90 Å². The van der Waals surface area contributed by atoms with Crippen molar-refractivity contribution in [3.05, 3.63) is 17.0 Å². The third-order valence-corrected chi connectivity index (χ3v) is 3.13. The van der Waals surface area contributed by atoms with Crippen LogP contribution in [0.4, 0.5) is 19.0 Å². The Labute approximate surface area is 102 Å². The molecule has 17 heavy (non-hydrogen) atoms. The summed E-state index contributed by atoms with van der Waals surface area (Å²) >= 11 is 5.52. The van der Waals surface area contributed by atoms with Crippen molar-refractivity contribution in [2.75, 3.05) is 11.9 Å². The molecule has 1 aromatic heterocycles. The predicted molar refractivity (Wildman–Crippen MR) is 58.1 cm³/mol. The highest BCUT2D eigenvalue weighted by molar-refractivity contribution is 6.28. The van der Waals surface area contributed by atoms with Crippen LogP contribution in [0.25, 0.3) is 0 Å². The van der Waals surface area contributed by atoms with E-state index in [4.69, 9.17) is 11.6 Å². The fourth-order valence-electron chi connectivity index (χ4n) is 1.69. The van der Waals surface area contributed by atoms with Gasteiger partial charge in [0.25, 0.3) is 0 Å². The summed E-state index contributed by atoms with van der Waals surface area (Å²) in [5, 5.41) is -0.374. The molecule has 1 fully saturated rings. The molecular formula is C10H11ClF3N3. The van der Waals surface area contributed by atoms with Gasteiger partial charge >= 0.3 is 6.18 Å². The van der Waals surface area contributed by atoms with Crippen molar-refractivity contribution >= 4 is 17.4 Å². The van der Waals surface area contributed by atoms with Gasteiger partial charge in [-0.25, -0.2) is 9.97 Å². The second kappa shape index (κ2) is 4.33. The number of anilines is 1. The summed E-state index contributed by atoms with van der Waals surface area (Å²) in [7, 11) is 1.72. The Balaban J connectivity index is 2.30. The minimum Gasteiger partial charge on any atom is -0.357 e. The molecule has 0 bridgehead atoms. The van der Waals surface area contributed by atoms with Crippen LogP contribution in [0.5, 0.6) is 0 Å². The average Bonchev–Trinajstić information content (AvgIpc) is 2.12. The summed E-state index contributed by atoms with van der Waals surface area (Å²) in [4.78, 5) is 8.75. The SMILES string of the molecule is CN(c1cc(C(F)(F)F)nc(Cl)n1)C1CCC1. The van der Waals surface area contributed by atoms with Crippen molar-refractivity contribution in [2.45, 2.75) is 31.5 Å². The van der Waals surface area contributed by atoms with Gasteiger partial charge in [0.15, 0.2) is 5.69 Å². The lowest BCUT2D eigenvalue weighted by molar-refractivity contribution is -0.141. The molecule has 1 aliphatic rings. The third kappa shape index (κ3) is 2.62. The molecule has 0 saturated heterocycles. The van der Waals surface area contributed by atoms with Gasteiger partial charge in [-0.3, -0.25) is 0 Å². The maximum absolute atomic E-state index is 12.5. The molecule has 0 unspecified atom stereocenters. The summed E-state index contributed by atoms with van der Waals surface area (Å²) in [6, 6.07) is 1.19. The standard InChI is InChI=1S/C10H11ClF3N3/c1-17(6-3-2-4-6)8-5-7(10(12,13)14)15-9(11)16-8/h5-6H,2-4H2,1H3. The van der Waals surface area contributed by atoms with Gasteiger partial charge in [0, 0.05) is 19.2 Å². The Morgan fingerprint density at radius 3 is 2.47 bits per heavy atom. The van der Waals surface area contributed by atoms with Crippen LogP contribution in [0.1, 0.15) is 25.0 Å². The molecule has 0 amide bonds. The number of alkyl halides is 3. The first-order valence-corrected chi connectivity index (χ1v) is 5.60. The highest BCUT2D eigenvalue weighted by Gasteiger charge is 2.34. The van der Waals surface area contributed by atoms with E-state index in [9.17, 15) is 13.2 Å². The fourth-order valence-corrected chi connectivity index (χ4v) is 1.87. The fraction of sp³-hybridized carbons (Fsp3) is 0.600. The monoisotopic (exact) mass is 265 g/mol. The molecule has 94 valence electrons. The van der Waals surface area contributed by atoms with Crippen LogP contribution in [-0.4, -0.2) is 23.1 Å². The first-order valence-electron chi connectivity index (χ1n) is 5.22. The molecule has 1 saturated carbocycles. The van der Waals surface area contributed by atoms with Crippen molar-refractivity contribution in [2.24, 2.45) is 0 Å². The first kappa shape index (κ1) is 12.4. The molecule has 0 N–H and O–H groups in total. The van der Waals surface area contributed by atoms with E-state index < -0.39 is 11.9 Å². The first-order chi connectivity index (χ1) is 7.88. The molecule has 0 aliphatic heterocycles. The molecular weight excluding hydrogens is 255 g/mol. The molecule has 0 aromatic carbocycles.